The third-order valence-electron chi connectivity index (χ3n) is 3.69. The van der Waals surface area contributed by atoms with Gasteiger partial charge in [-0.15, -0.1) is 11.8 Å². The highest BCUT2D eigenvalue weighted by molar-refractivity contribution is 8.01. The Morgan fingerprint density at radius 1 is 1.21 bits per heavy atom. The van der Waals surface area contributed by atoms with Crippen LogP contribution < -0.4 is 5.32 Å². The lowest BCUT2D eigenvalue weighted by molar-refractivity contribution is -0.159. The number of anilines is 1. The summed E-state index contributed by atoms with van der Waals surface area (Å²) in [5.74, 6) is -3.35. The molecule has 0 radical (unpaired) electrons. The van der Waals surface area contributed by atoms with E-state index in [0.717, 1.165) is 23.9 Å². The van der Waals surface area contributed by atoms with Crippen molar-refractivity contribution in [1.82, 2.24) is 4.90 Å². The second kappa shape index (κ2) is 8.47. The summed E-state index contributed by atoms with van der Waals surface area (Å²) in [5, 5.41) is 1.57. The predicted octanol–water partition coefficient (Wildman–Crippen LogP) is 3.68. The molecule has 1 aliphatic rings. The van der Waals surface area contributed by atoms with Gasteiger partial charge in [0, 0.05) is 11.4 Å². The van der Waals surface area contributed by atoms with Crippen LogP contribution in [0.3, 0.4) is 0 Å². The maximum Gasteiger partial charge on any atom is 0.406 e. The van der Waals surface area contributed by atoms with Crippen molar-refractivity contribution in [2.24, 2.45) is 0 Å². The predicted molar refractivity (Wildman–Crippen MR) is 91.0 cm³/mol. The zero-order valence-electron chi connectivity index (χ0n) is 14.3. The first-order valence-electron chi connectivity index (χ1n) is 7.74. The Labute approximate surface area is 162 Å². The van der Waals surface area contributed by atoms with Crippen molar-refractivity contribution in [2.45, 2.75) is 29.5 Å². The summed E-state index contributed by atoms with van der Waals surface area (Å²) in [6, 6.07) is 1.84. The highest BCUT2D eigenvalue weighted by Gasteiger charge is 2.40. The molecule has 1 aromatic rings. The fourth-order valence-corrected chi connectivity index (χ4v) is 4.70. The van der Waals surface area contributed by atoms with E-state index >= 15 is 0 Å². The number of nitrogens with zero attached hydrogens (tertiary/aromatic N) is 1. The van der Waals surface area contributed by atoms with Crippen LogP contribution in [0.5, 0.6) is 0 Å². The molecule has 158 valence electrons. The van der Waals surface area contributed by atoms with E-state index in [2.05, 4.69) is 5.32 Å². The largest absolute Gasteiger partial charge is 0.406 e. The average molecular weight is 452 g/mol. The minimum absolute atomic E-state index is 0.0507. The molecular weight excluding hydrogens is 437 g/mol. The van der Waals surface area contributed by atoms with Crippen LogP contribution in [0.4, 0.5) is 36.4 Å². The summed E-state index contributed by atoms with van der Waals surface area (Å²) in [4.78, 5) is 12.0. The highest BCUT2D eigenvalue weighted by atomic mass is 32.2. The minimum atomic E-state index is -4.68. The zero-order valence-corrected chi connectivity index (χ0v) is 15.9. The Hall–Kier alpha value is -1.50. The maximum atomic E-state index is 14.1. The number of carbonyl (C=O) groups is 1. The number of thioether (sulfide) groups is 1. The van der Waals surface area contributed by atoms with Gasteiger partial charge in [-0.25, -0.2) is 4.39 Å². The van der Waals surface area contributed by atoms with E-state index in [1.807, 2.05) is 0 Å². The van der Waals surface area contributed by atoms with Crippen LogP contribution in [0, 0.1) is 12.7 Å². The standard InChI is InChI=1S/C15H15F7N2O2S2/c1-8-2-9(16)10(3-11(8)28(26)7-15(20,21)22)23-4-13-24(6-14(17,18)19)12(25)5-27-13/h2-3,13,23H,4-7H2,1H3/t13?,28-/m0/s1. The number of hydrogen-bond acceptors (Lipinski definition) is 4. The van der Waals surface area contributed by atoms with Gasteiger partial charge in [-0.2, -0.15) is 26.3 Å². The number of hydrogen-bond donors (Lipinski definition) is 1. The molecule has 0 aromatic heterocycles. The van der Waals surface area contributed by atoms with Gasteiger partial charge in [0.05, 0.1) is 27.6 Å². The van der Waals surface area contributed by atoms with Crippen molar-refractivity contribution in [3.63, 3.8) is 0 Å². The van der Waals surface area contributed by atoms with E-state index in [9.17, 15) is 39.7 Å². The third kappa shape index (κ3) is 6.26. The SMILES string of the molecule is Cc1cc(F)c(NCC2SCC(=O)N2CC(F)(F)F)cc1[S@@](=O)CC(F)(F)F. The van der Waals surface area contributed by atoms with Gasteiger partial charge in [0.15, 0.2) is 0 Å². The second-order valence-corrected chi connectivity index (χ2v) is 8.57. The van der Waals surface area contributed by atoms with E-state index in [0.29, 0.717) is 4.90 Å². The lowest BCUT2D eigenvalue weighted by atomic mass is 10.2. The lowest BCUT2D eigenvalue weighted by Crippen LogP contribution is -2.42. The number of benzene rings is 1. The van der Waals surface area contributed by atoms with E-state index in [-0.39, 0.29) is 28.4 Å². The molecule has 13 heteroatoms. The van der Waals surface area contributed by atoms with Gasteiger partial charge in [0.1, 0.15) is 18.1 Å². The number of carbonyl (C=O) groups excluding carboxylic acids is 1. The number of aryl methyl sites for hydroxylation is 1. The molecule has 1 N–H and O–H groups in total. The van der Waals surface area contributed by atoms with Crippen LogP contribution in [0.1, 0.15) is 5.56 Å². The molecule has 4 nitrogen and oxygen atoms in total. The van der Waals surface area contributed by atoms with Gasteiger partial charge in [0.25, 0.3) is 0 Å². The van der Waals surface area contributed by atoms with Gasteiger partial charge in [-0.05, 0) is 24.6 Å². The number of halogens is 7. The Bertz CT molecular complexity index is 768. The lowest BCUT2D eigenvalue weighted by Gasteiger charge is -2.25. The Kier molecular flexibility index (Phi) is 6.90. The van der Waals surface area contributed by atoms with Gasteiger partial charge in [0.2, 0.25) is 5.91 Å². The summed E-state index contributed by atoms with van der Waals surface area (Å²) in [6.45, 7) is -0.423. The van der Waals surface area contributed by atoms with Crippen LogP contribution >= 0.6 is 11.8 Å². The number of amides is 1. The molecule has 0 aliphatic carbocycles. The summed E-state index contributed by atoms with van der Waals surface area (Å²) >= 11 is 0.929. The van der Waals surface area contributed by atoms with E-state index in [4.69, 9.17) is 0 Å². The third-order valence-corrected chi connectivity index (χ3v) is 6.43. The van der Waals surface area contributed by atoms with Crippen molar-refractivity contribution >= 4 is 34.2 Å². The normalized spacial score (nSPS) is 19.2. The molecule has 1 aliphatic heterocycles. The monoisotopic (exact) mass is 452 g/mol. The first-order chi connectivity index (χ1) is 12.8. The first-order valence-corrected chi connectivity index (χ1v) is 10.1. The molecule has 0 spiro atoms. The summed E-state index contributed by atoms with van der Waals surface area (Å²) < 4.78 is 101. The van der Waals surface area contributed by atoms with Crippen LogP contribution in [0.15, 0.2) is 17.0 Å². The Balaban J connectivity index is 2.14. The molecule has 28 heavy (non-hydrogen) atoms. The second-order valence-electron chi connectivity index (χ2n) is 5.99. The molecule has 1 saturated heterocycles. The molecule has 1 heterocycles. The molecule has 1 fully saturated rings. The van der Waals surface area contributed by atoms with Gasteiger partial charge < -0.3 is 10.2 Å². The molecule has 1 aromatic carbocycles. The van der Waals surface area contributed by atoms with Gasteiger partial charge in [-0.1, -0.05) is 0 Å². The highest BCUT2D eigenvalue weighted by Crippen LogP contribution is 2.30. The van der Waals surface area contributed by atoms with Crippen molar-refractivity contribution in [2.75, 3.05) is 29.9 Å². The van der Waals surface area contributed by atoms with Crippen molar-refractivity contribution < 1.29 is 39.7 Å². The molecule has 1 amide bonds. The smallest absolute Gasteiger partial charge is 0.380 e. The van der Waals surface area contributed by atoms with Crippen molar-refractivity contribution in [1.29, 1.82) is 0 Å². The van der Waals surface area contributed by atoms with E-state index in [1.165, 1.54) is 6.92 Å². The number of alkyl halides is 6. The number of rotatable bonds is 6. The molecule has 1 unspecified atom stereocenters. The maximum absolute atomic E-state index is 14.1. The van der Waals surface area contributed by atoms with Crippen LogP contribution in [0.2, 0.25) is 0 Å². The van der Waals surface area contributed by atoms with Crippen LogP contribution in [0.25, 0.3) is 0 Å². The summed E-state index contributed by atoms with van der Waals surface area (Å²) in [5.41, 5.74) is -0.252. The Morgan fingerprint density at radius 3 is 2.43 bits per heavy atom. The molecule has 0 bridgehead atoms. The first kappa shape index (κ1) is 22.8. The fourth-order valence-electron chi connectivity index (χ4n) is 2.51. The van der Waals surface area contributed by atoms with Crippen LogP contribution in [-0.4, -0.2) is 57.3 Å². The van der Waals surface area contributed by atoms with Crippen LogP contribution in [-0.2, 0) is 15.6 Å². The van der Waals surface area contributed by atoms with E-state index in [1.54, 1.807) is 0 Å². The van der Waals surface area contributed by atoms with Crippen molar-refractivity contribution in [3.8, 4) is 0 Å². The summed E-state index contributed by atoms with van der Waals surface area (Å²) in [6.07, 6.45) is -9.28. The number of nitrogens with one attached hydrogen (secondary N) is 1. The van der Waals surface area contributed by atoms with Gasteiger partial charge >= 0.3 is 12.4 Å². The minimum Gasteiger partial charge on any atom is -0.380 e. The van der Waals surface area contributed by atoms with Crippen molar-refractivity contribution in [3.05, 3.63) is 23.5 Å². The molecule has 0 saturated carbocycles. The van der Waals surface area contributed by atoms with Gasteiger partial charge in [-0.3, -0.25) is 9.00 Å². The quantitative estimate of drug-likeness (QED) is 0.670. The topological polar surface area (TPSA) is 49.4 Å². The zero-order chi connectivity index (χ0) is 21.3. The molecule has 2 rings (SSSR count). The summed E-state index contributed by atoms with van der Waals surface area (Å²) in [7, 11) is -2.46. The Morgan fingerprint density at radius 2 is 1.86 bits per heavy atom. The average Bonchev–Trinajstić information content (AvgIpc) is 2.83. The van der Waals surface area contributed by atoms with E-state index < -0.39 is 52.5 Å². The fraction of sp³-hybridized carbons (Fsp3) is 0.533. The molecular formula is C15H15F7N2O2S2. The molecule has 2 atom stereocenters.